The van der Waals surface area contributed by atoms with Gasteiger partial charge in [0.2, 0.25) is 0 Å². The number of hydrogen-bond acceptors (Lipinski definition) is 2. The fourth-order valence-electron chi connectivity index (χ4n) is 1.48. The number of nitrogens with zero attached hydrogens (tertiary/aromatic N) is 1. The van der Waals surface area contributed by atoms with Crippen molar-refractivity contribution in [2.45, 2.75) is 19.4 Å². The number of benzene rings is 1. The summed E-state index contributed by atoms with van der Waals surface area (Å²) < 4.78 is 19.7. The van der Waals surface area contributed by atoms with Crippen molar-refractivity contribution >= 4 is 15.9 Å². The van der Waals surface area contributed by atoms with E-state index in [0.29, 0.717) is 18.8 Å². The first-order valence-corrected chi connectivity index (χ1v) is 6.56. The maximum absolute atomic E-state index is 13.4. The normalized spacial score (nSPS) is 11.1. The Labute approximate surface area is 111 Å². The van der Waals surface area contributed by atoms with Crippen LogP contribution in [-0.2, 0) is 11.3 Å². The van der Waals surface area contributed by atoms with E-state index in [4.69, 9.17) is 4.74 Å². The first kappa shape index (κ1) is 14.6. The molecule has 0 aliphatic heterocycles. The van der Waals surface area contributed by atoms with Gasteiger partial charge < -0.3 is 9.64 Å². The second-order valence-electron chi connectivity index (χ2n) is 4.26. The number of rotatable bonds is 7. The zero-order valence-corrected chi connectivity index (χ0v) is 12.0. The molecule has 0 N–H and O–H groups in total. The largest absolute Gasteiger partial charge is 0.377 e. The highest BCUT2D eigenvalue weighted by Gasteiger charge is 2.05. The Bertz CT molecular complexity index is 324. The molecule has 0 aliphatic rings. The Balaban J connectivity index is 2.22. The summed E-state index contributed by atoms with van der Waals surface area (Å²) >= 11 is 3.32. The minimum Gasteiger partial charge on any atom is -0.377 e. The third-order valence-electron chi connectivity index (χ3n) is 2.45. The predicted molar refractivity (Wildman–Crippen MR) is 71.5 cm³/mol. The molecule has 0 heterocycles. The molecule has 0 amide bonds. The van der Waals surface area contributed by atoms with E-state index in [1.807, 2.05) is 6.07 Å². The molecule has 1 aromatic rings. The van der Waals surface area contributed by atoms with Crippen molar-refractivity contribution in [2.24, 2.45) is 0 Å². The van der Waals surface area contributed by atoms with Crippen LogP contribution in [0.5, 0.6) is 0 Å². The second-order valence-corrected chi connectivity index (χ2v) is 5.12. The van der Waals surface area contributed by atoms with Gasteiger partial charge >= 0.3 is 0 Å². The summed E-state index contributed by atoms with van der Waals surface area (Å²) in [6, 6.07) is 4.96. The average molecular weight is 304 g/mol. The van der Waals surface area contributed by atoms with Crippen molar-refractivity contribution in [3.05, 3.63) is 34.1 Å². The monoisotopic (exact) mass is 303 g/mol. The molecule has 1 rings (SSSR count). The van der Waals surface area contributed by atoms with Crippen LogP contribution in [0.3, 0.4) is 0 Å². The molecule has 0 saturated heterocycles. The van der Waals surface area contributed by atoms with Gasteiger partial charge in [0.25, 0.3) is 0 Å². The van der Waals surface area contributed by atoms with Crippen LogP contribution in [0.15, 0.2) is 22.7 Å². The van der Waals surface area contributed by atoms with E-state index in [-0.39, 0.29) is 5.82 Å². The molecule has 4 heteroatoms. The highest BCUT2D eigenvalue weighted by Crippen LogP contribution is 2.20. The Hall–Kier alpha value is -0.450. The summed E-state index contributed by atoms with van der Waals surface area (Å²) in [5, 5.41) is 0. The Morgan fingerprint density at radius 3 is 2.71 bits per heavy atom. The van der Waals surface area contributed by atoms with E-state index in [1.54, 1.807) is 6.07 Å². The molecule has 96 valence electrons. The van der Waals surface area contributed by atoms with E-state index < -0.39 is 0 Å². The number of halogens is 2. The van der Waals surface area contributed by atoms with E-state index >= 15 is 0 Å². The number of hydrogen-bond donors (Lipinski definition) is 0. The summed E-state index contributed by atoms with van der Waals surface area (Å²) in [7, 11) is 4.11. The predicted octanol–water partition coefficient (Wildman–Crippen LogP) is 3.45. The minimum atomic E-state index is -0.215. The maximum Gasteiger partial charge on any atom is 0.129 e. The molecule has 0 unspecified atom stereocenters. The van der Waals surface area contributed by atoms with Crippen molar-refractivity contribution in [2.75, 3.05) is 27.2 Å². The Kier molecular flexibility index (Phi) is 6.70. The quantitative estimate of drug-likeness (QED) is 0.715. The molecule has 0 saturated carbocycles. The first-order chi connectivity index (χ1) is 8.11. The van der Waals surface area contributed by atoms with Crippen LogP contribution in [0.25, 0.3) is 0 Å². The topological polar surface area (TPSA) is 12.5 Å². The van der Waals surface area contributed by atoms with Crippen LogP contribution in [-0.4, -0.2) is 32.1 Å². The molecule has 0 spiro atoms. The number of unbranched alkanes of at least 4 members (excludes halogenated alkanes) is 1. The summed E-state index contributed by atoms with van der Waals surface area (Å²) in [6.07, 6.45) is 2.11. The average Bonchev–Trinajstić information content (AvgIpc) is 2.26. The molecule has 0 atom stereocenters. The molecular weight excluding hydrogens is 285 g/mol. The van der Waals surface area contributed by atoms with Crippen LogP contribution in [0, 0.1) is 5.82 Å². The summed E-state index contributed by atoms with van der Waals surface area (Å²) in [4.78, 5) is 2.15. The Morgan fingerprint density at radius 2 is 2.06 bits per heavy atom. The molecule has 0 aromatic heterocycles. The van der Waals surface area contributed by atoms with Gasteiger partial charge in [-0.3, -0.25) is 0 Å². The molecule has 0 aliphatic carbocycles. The molecule has 0 bridgehead atoms. The fraction of sp³-hybridized carbons (Fsp3) is 0.538. The molecule has 0 radical (unpaired) electrons. The van der Waals surface area contributed by atoms with Gasteiger partial charge in [0.1, 0.15) is 5.82 Å². The third kappa shape index (κ3) is 5.61. The van der Waals surface area contributed by atoms with Crippen LogP contribution in [0.4, 0.5) is 4.39 Å². The van der Waals surface area contributed by atoms with Gasteiger partial charge in [-0.25, -0.2) is 4.39 Å². The van der Waals surface area contributed by atoms with E-state index in [2.05, 4.69) is 34.9 Å². The van der Waals surface area contributed by atoms with Gasteiger partial charge in [0.15, 0.2) is 0 Å². The van der Waals surface area contributed by atoms with Crippen molar-refractivity contribution in [1.82, 2.24) is 4.90 Å². The van der Waals surface area contributed by atoms with Gasteiger partial charge in [-0.1, -0.05) is 22.0 Å². The van der Waals surface area contributed by atoms with E-state index in [1.165, 1.54) is 6.07 Å². The second kappa shape index (κ2) is 7.80. The summed E-state index contributed by atoms with van der Waals surface area (Å²) in [5.74, 6) is -0.215. The van der Waals surface area contributed by atoms with Gasteiger partial charge in [0.05, 0.1) is 6.61 Å². The highest BCUT2D eigenvalue weighted by atomic mass is 79.9. The molecule has 2 nitrogen and oxygen atoms in total. The first-order valence-electron chi connectivity index (χ1n) is 5.76. The lowest BCUT2D eigenvalue weighted by molar-refractivity contribution is 0.113. The summed E-state index contributed by atoms with van der Waals surface area (Å²) in [5.41, 5.74) is 0.597. The lowest BCUT2D eigenvalue weighted by Gasteiger charge is -2.10. The Morgan fingerprint density at radius 1 is 1.29 bits per heavy atom. The minimum absolute atomic E-state index is 0.215. The zero-order chi connectivity index (χ0) is 12.7. The molecule has 17 heavy (non-hydrogen) atoms. The van der Waals surface area contributed by atoms with Crippen molar-refractivity contribution in [3.8, 4) is 0 Å². The van der Waals surface area contributed by atoms with Gasteiger partial charge in [0, 0.05) is 16.6 Å². The van der Waals surface area contributed by atoms with Crippen LogP contribution in [0.2, 0.25) is 0 Å². The number of ether oxygens (including phenoxy) is 1. The highest BCUT2D eigenvalue weighted by molar-refractivity contribution is 9.10. The molecule has 0 fully saturated rings. The third-order valence-corrected chi connectivity index (χ3v) is 3.20. The molecule has 1 aromatic carbocycles. The fourth-order valence-corrected chi connectivity index (χ4v) is 1.93. The SMILES string of the molecule is CN(C)CCCCOCc1c(F)cccc1Br. The van der Waals surface area contributed by atoms with E-state index in [9.17, 15) is 4.39 Å². The lowest BCUT2D eigenvalue weighted by Crippen LogP contribution is -2.13. The van der Waals surface area contributed by atoms with Crippen molar-refractivity contribution < 1.29 is 9.13 Å². The van der Waals surface area contributed by atoms with Crippen molar-refractivity contribution in [3.63, 3.8) is 0 Å². The van der Waals surface area contributed by atoms with Crippen LogP contribution < -0.4 is 0 Å². The zero-order valence-electron chi connectivity index (χ0n) is 10.4. The standard InChI is InChI=1S/C13H19BrFNO/c1-16(2)8-3-4-9-17-10-11-12(14)6-5-7-13(11)15/h5-7H,3-4,8-10H2,1-2H3. The van der Waals surface area contributed by atoms with Crippen LogP contribution in [0.1, 0.15) is 18.4 Å². The van der Waals surface area contributed by atoms with Gasteiger partial charge in [-0.05, 0) is 45.6 Å². The van der Waals surface area contributed by atoms with Gasteiger partial charge in [-0.15, -0.1) is 0 Å². The molecular formula is C13H19BrFNO. The lowest BCUT2D eigenvalue weighted by atomic mass is 10.2. The van der Waals surface area contributed by atoms with Crippen LogP contribution >= 0.6 is 15.9 Å². The smallest absolute Gasteiger partial charge is 0.129 e. The van der Waals surface area contributed by atoms with E-state index in [0.717, 1.165) is 23.9 Å². The summed E-state index contributed by atoms with van der Waals surface area (Å²) in [6.45, 7) is 2.07. The van der Waals surface area contributed by atoms with Gasteiger partial charge in [-0.2, -0.15) is 0 Å². The van der Waals surface area contributed by atoms with Crippen molar-refractivity contribution in [1.29, 1.82) is 0 Å². The maximum atomic E-state index is 13.4.